The average molecular weight is 168 g/mol. The van der Waals surface area contributed by atoms with Crippen LogP contribution in [0.15, 0.2) is 12.1 Å². The lowest BCUT2D eigenvalue weighted by atomic mass is 10.4. The average Bonchev–Trinajstić information content (AvgIpc) is 2.06. The Morgan fingerprint density at radius 3 is 2.75 bits per heavy atom. The van der Waals surface area contributed by atoms with Crippen molar-refractivity contribution in [2.75, 3.05) is 6.61 Å². The van der Waals surface area contributed by atoms with Crippen molar-refractivity contribution in [2.45, 2.75) is 6.92 Å². The van der Waals surface area contributed by atoms with Gasteiger partial charge in [-0.05, 0) is 13.0 Å². The molecular weight excluding hydrogens is 160 g/mol. The highest BCUT2D eigenvalue weighted by atomic mass is 16.5. The van der Waals surface area contributed by atoms with Gasteiger partial charge in [-0.3, -0.25) is 0 Å². The van der Waals surface area contributed by atoms with Gasteiger partial charge in [0, 0.05) is 6.07 Å². The Bertz CT molecular complexity index is 270. The SMILES string of the molecule is CCOc1ccc(C(=O)O)nn1. The maximum Gasteiger partial charge on any atom is 0.356 e. The smallest absolute Gasteiger partial charge is 0.356 e. The van der Waals surface area contributed by atoms with E-state index in [4.69, 9.17) is 9.84 Å². The van der Waals surface area contributed by atoms with Crippen LogP contribution in [0.2, 0.25) is 0 Å². The molecule has 64 valence electrons. The number of hydrogen-bond donors (Lipinski definition) is 1. The molecule has 0 fully saturated rings. The van der Waals surface area contributed by atoms with Gasteiger partial charge in [-0.1, -0.05) is 0 Å². The lowest BCUT2D eigenvalue weighted by molar-refractivity contribution is 0.0689. The van der Waals surface area contributed by atoms with Gasteiger partial charge in [0.1, 0.15) is 0 Å². The highest BCUT2D eigenvalue weighted by Gasteiger charge is 2.04. The summed E-state index contributed by atoms with van der Waals surface area (Å²) < 4.78 is 4.97. The third-order valence-electron chi connectivity index (χ3n) is 1.15. The molecule has 1 N–H and O–H groups in total. The maximum atomic E-state index is 10.3. The standard InChI is InChI=1S/C7H8N2O3/c1-2-12-6-4-3-5(7(10)11)8-9-6/h3-4H,2H2,1H3,(H,10,11). The normalized spacial score (nSPS) is 9.42. The van der Waals surface area contributed by atoms with Gasteiger partial charge in [0.05, 0.1) is 6.61 Å². The number of carbonyl (C=O) groups is 1. The summed E-state index contributed by atoms with van der Waals surface area (Å²) in [6.45, 7) is 2.30. The molecule has 5 heteroatoms. The molecule has 0 aliphatic carbocycles. The van der Waals surface area contributed by atoms with E-state index in [-0.39, 0.29) is 5.69 Å². The molecule has 0 radical (unpaired) electrons. The monoisotopic (exact) mass is 168 g/mol. The second-order valence-electron chi connectivity index (χ2n) is 1.99. The van der Waals surface area contributed by atoms with Crippen molar-refractivity contribution in [3.63, 3.8) is 0 Å². The Kier molecular flexibility index (Phi) is 2.57. The van der Waals surface area contributed by atoms with Crippen LogP contribution >= 0.6 is 0 Å². The minimum atomic E-state index is -1.09. The lowest BCUT2D eigenvalue weighted by Crippen LogP contribution is -2.03. The Hall–Kier alpha value is -1.65. The molecule has 0 saturated carbocycles. The van der Waals surface area contributed by atoms with Crippen molar-refractivity contribution in [1.82, 2.24) is 10.2 Å². The molecule has 0 bridgehead atoms. The van der Waals surface area contributed by atoms with E-state index < -0.39 is 5.97 Å². The predicted octanol–water partition coefficient (Wildman–Crippen LogP) is 0.573. The van der Waals surface area contributed by atoms with Crippen molar-refractivity contribution >= 4 is 5.97 Å². The van der Waals surface area contributed by atoms with Crippen molar-refractivity contribution in [2.24, 2.45) is 0 Å². The van der Waals surface area contributed by atoms with E-state index in [0.29, 0.717) is 12.5 Å². The summed E-state index contributed by atoms with van der Waals surface area (Å²) in [5, 5.41) is 15.4. The number of rotatable bonds is 3. The van der Waals surface area contributed by atoms with Gasteiger partial charge in [-0.15, -0.1) is 10.2 Å². The topological polar surface area (TPSA) is 72.3 Å². The van der Waals surface area contributed by atoms with Gasteiger partial charge in [0.15, 0.2) is 5.69 Å². The quantitative estimate of drug-likeness (QED) is 0.714. The maximum absolute atomic E-state index is 10.3. The lowest BCUT2D eigenvalue weighted by Gasteiger charge is -1.99. The van der Waals surface area contributed by atoms with Crippen LogP contribution in [-0.2, 0) is 0 Å². The van der Waals surface area contributed by atoms with Crippen LogP contribution < -0.4 is 4.74 Å². The summed E-state index contributed by atoms with van der Waals surface area (Å²) >= 11 is 0. The fourth-order valence-corrected chi connectivity index (χ4v) is 0.659. The van der Waals surface area contributed by atoms with Crippen molar-refractivity contribution in [1.29, 1.82) is 0 Å². The number of aromatic nitrogens is 2. The first kappa shape index (κ1) is 8.45. The van der Waals surface area contributed by atoms with E-state index in [2.05, 4.69) is 10.2 Å². The molecule has 5 nitrogen and oxygen atoms in total. The number of ether oxygens (including phenoxy) is 1. The van der Waals surface area contributed by atoms with E-state index in [1.54, 1.807) is 0 Å². The fourth-order valence-electron chi connectivity index (χ4n) is 0.659. The first-order chi connectivity index (χ1) is 5.74. The van der Waals surface area contributed by atoms with E-state index in [0.717, 1.165) is 0 Å². The van der Waals surface area contributed by atoms with Gasteiger partial charge in [-0.2, -0.15) is 0 Å². The van der Waals surface area contributed by atoms with E-state index in [1.807, 2.05) is 6.92 Å². The summed E-state index contributed by atoms with van der Waals surface area (Å²) in [7, 11) is 0. The second-order valence-corrected chi connectivity index (χ2v) is 1.99. The first-order valence-electron chi connectivity index (χ1n) is 3.44. The molecule has 0 aromatic carbocycles. The Labute approximate surface area is 69.0 Å². The molecule has 0 atom stereocenters. The Morgan fingerprint density at radius 1 is 1.58 bits per heavy atom. The third kappa shape index (κ3) is 1.91. The number of hydrogen-bond acceptors (Lipinski definition) is 4. The molecule has 0 unspecified atom stereocenters. The number of carboxylic acids is 1. The third-order valence-corrected chi connectivity index (χ3v) is 1.15. The Balaban J connectivity index is 2.78. The summed E-state index contributed by atoms with van der Waals surface area (Å²) in [4.78, 5) is 10.3. The van der Waals surface area contributed by atoms with Gasteiger partial charge in [-0.25, -0.2) is 4.79 Å². The van der Waals surface area contributed by atoms with E-state index in [9.17, 15) is 4.79 Å². The minimum absolute atomic E-state index is 0.0848. The van der Waals surface area contributed by atoms with Gasteiger partial charge >= 0.3 is 5.97 Å². The van der Waals surface area contributed by atoms with E-state index >= 15 is 0 Å². The van der Waals surface area contributed by atoms with Crippen molar-refractivity contribution in [3.8, 4) is 5.88 Å². The molecule has 1 aromatic rings. The largest absolute Gasteiger partial charge is 0.477 e. The number of aromatic carboxylic acids is 1. The van der Waals surface area contributed by atoms with Crippen LogP contribution in [-0.4, -0.2) is 27.9 Å². The number of nitrogens with zero attached hydrogens (tertiary/aromatic N) is 2. The molecule has 0 aliphatic heterocycles. The molecule has 0 amide bonds. The zero-order chi connectivity index (χ0) is 8.97. The summed E-state index contributed by atoms with van der Waals surface area (Å²) in [6.07, 6.45) is 0. The van der Waals surface area contributed by atoms with Crippen LogP contribution in [0.5, 0.6) is 5.88 Å². The second kappa shape index (κ2) is 3.66. The summed E-state index contributed by atoms with van der Waals surface area (Å²) in [6, 6.07) is 2.82. The van der Waals surface area contributed by atoms with Gasteiger partial charge in [0.25, 0.3) is 0 Å². The molecule has 0 saturated heterocycles. The van der Waals surface area contributed by atoms with Crippen LogP contribution in [0.1, 0.15) is 17.4 Å². The molecule has 12 heavy (non-hydrogen) atoms. The highest BCUT2D eigenvalue weighted by molar-refractivity contribution is 5.84. The van der Waals surface area contributed by atoms with Crippen LogP contribution in [0.25, 0.3) is 0 Å². The molecular formula is C7H8N2O3. The zero-order valence-electron chi connectivity index (χ0n) is 6.52. The van der Waals surface area contributed by atoms with Crippen molar-refractivity contribution < 1.29 is 14.6 Å². The van der Waals surface area contributed by atoms with E-state index in [1.165, 1.54) is 12.1 Å². The highest BCUT2D eigenvalue weighted by Crippen LogP contribution is 2.03. The van der Waals surface area contributed by atoms with Gasteiger partial charge < -0.3 is 9.84 Å². The fraction of sp³-hybridized carbons (Fsp3) is 0.286. The molecule has 1 rings (SSSR count). The summed E-state index contributed by atoms with van der Waals surface area (Å²) in [5.41, 5.74) is -0.0848. The molecule has 1 aromatic heterocycles. The first-order valence-corrected chi connectivity index (χ1v) is 3.44. The molecule has 0 aliphatic rings. The molecule has 0 spiro atoms. The zero-order valence-corrected chi connectivity index (χ0v) is 6.52. The van der Waals surface area contributed by atoms with Crippen molar-refractivity contribution in [3.05, 3.63) is 17.8 Å². The molecule has 1 heterocycles. The summed E-state index contributed by atoms with van der Waals surface area (Å²) in [5.74, 6) is -0.756. The van der Waals surface area contributed by atoms with Crippen LogP contribution in [0.4, 0.5) is 0 Å². The number of carboxylic acid groups (broad SMARTS) is 1. The van der Waals surface area contributed by atoms with Crippen LogP contribution in [0.3, 0.4) is 0 Å². The Morgan fingerprint density at radius 2 is 2.33 bits per heavy atom. The predicted molar refractivity (Wildman–Crippen MR) is 40.2 cm³/mol. The van der Waals surface area contributed by atoms with Gasteiger partial charge in [0.2, 0.25) is 5.88 Å². The minimum Gasteiger partial charge on any atom is -0.477 e. The van der Waals surface area contributed by atoms with Crippen LogP contribution in [0, 0.1) is 0 Å².